The van der Waals surface area contributed by atoms with Crippen LogP contribution in [0.1, 0.15) is 21.6 Å². The number of hydrogen-bond acceptors (Lipinski definition) is 4. The fraction of sp³-hybridized carbons (Fsp3) is 0.158. The third-order valence-electron chi connectivity index (χ3n) is 3.76. The summed E-state index contributed by atoms with van der Waals surface area (Å²) in [4.78, 5) is 19.0. The van der Waals surface area contributed by atoms with E-state index in [1.54, 1.807) is 19.4 Å². The van der Waals surface area contributed by atoms with Crippen LogP contribution in [0.2, 0.25) is 0 Å². The highest BCUT2D eigenvalue weighted by atomic mass is 16.5. The molecule has 2 aromatic carbocycles. The molecule has 0 unspecified atom stereocenters. The van der Waals surface area contributed by atoms with Gasteiger partial charge in [0.15, 0.2) is 17.8 Å². The number of H-pyrrole nitrogens is 1. The normalized spacial score (nSPS) is 10.4. The van der Waals surface area contributed by atoms with Crippen LogP contribution >= 0.6 is 0 Å². The van der Waals surface area contributed by atoms with Crippen molar-refractivity contribution in [2.45, 2.75) is 6.42 Å². The molecule has 3 aromatic rings. The summed E-state index contributed by atoms with van der Waals surface area (Å²) in [6, 6.07) is 13.6. The van der Waals surface area contributed by atoms with E-state index in [1.807, 2.05) is 36.4 Å². The van der Waals surface area contributed by atoms with Crippen molar-refractivity contribution >= 4 is 6.29 Å². The van der Waals surface area contributed by atoms with Gasteiger partial charge in [0.05, 0.1) is 19.8 Å². The predicted octanol–water partition coefficient (Wildman–Crippen LogP) is 3.50. The van der Waals surface area contributed by atoms with E-state index in [0.717, 1.165) is 28.9 Å². The molecule has 5 heteroatoms. The Labute approximate surface area is 140 Å². The van der Waals surface area contributed by atoms with Gasteiger partial charge >= 0.3 is 0 Å². The summed E-state index contributed by atoms with van der Waals surface area (Å²) in [5.41, 5.74) is 3.40. The molecule has 5 nitrogen and oxygen atoms in total. The van der Waals surface area contributed by atoms with Crippen molar-refractivity contribution in [3.63, 3.8) is 0 Å². The van der Waals surface area contributed by atoms with E-state index < -0.39 is 0 Å². The van der Waals surface area contributed by atoms with E-state index in [0.29, 0.717) is 23.5 Å². The van der Waals surface area contributed by atoms with Gasteiger partial charge in [0.1, 0.15) is 5.82 Å². The molecule has 3 rings (SSSR count). The first kappa shape index (κ1) is 15.8. The topological polar surface area (TPSA) is 64.2 Å². The Morgan fingerprint density at radius 1 is 1.12 bits per heavy atom. The molecule has 0 spiro atoms. The minimum atomic E-state index is 0.450. The van der Waals surface area contributed by atoms with Crippen LogP contribution in [0, 0.1) is 0 Å². The number of ether oxygens (including phenoxy) is 2. The van der Waals surface area contributed by atoms with Gasteiger partial charge in [-0.1, -0.05) is 30.3 Å². The van der Waals surface area contributed by atoms with Gasteiger partial charge < -0.3 is 14.5 Å². The maximum atomic E-state index is 11.3. The lowest BCUT2D eigenvalue weighted by Crippen LogP contribution is -1.98. The summed E-state index contributed by atoms with van der Waals surface area (Å²) in [5.74, 6) is 1.81. The molecule has 122 valence electrons. The Balaban J connectivity index is 1.89. The van der Waals surface area contributed by atoms with Gasteiger partial charge in [-0.15, -0.1) is 0 Å². The molecular formula is C19H18N2O3. The van der Waals surface area contributed by atoms with Crippen LogP contribution in [-0.2, 0) is 6.42 Å². The predicted molar refractivity (Wildman–Crippen MR) is 91.8 cm³/mol. The number of carbonyl (C=O) groups excluding carboxylic acids is 1. The van der Waals surface area contributed by atoms with E-state index in [9.17, 15) is 4.79 Å². The first-order valence-electron chi connectivity index (χ1n) is 7.54. The number of imidazole rings is 1. The van der Waals surface area contributed by atoms with Crippen molar-refractivity contribution in [1.82, 2.24) is 9.97 Å². The molecule has 0 fully saturated rings. The van der Waals surface area contributed by atoms with Crippen LogP contribution < -0.4 is 9.47 Å². The molecular weight excluding hydrogens is 304 g/mol. The van der Waals surface area contributed by atoms with Crippen molar-refractivity contribution in [2.24, 2.45) is 0 Å². The van der Waals surface area contributed by atoms with Gasteiger partial charge in [-0.05, 0) is 17.7 Å². The quantitative estimate of drug-likeness (QED) is 0.706. The minimum absolute atomic E-state index is 0.450. The minimum Gasteiger partial charge on any atom is -0.493 e. The molecule has 0 saturated carbocycles. The molecule has 1 N–H and O–H groups in total. The Morgan fingerprint density at radius 2 is 1.92 bits per heavy atom. The molecule has 0 saturated heterocycles. The molecule has 0 aliphatic heterocycles. The van der Waals surface area contributed by atoms with Crippen molar-refractivity contribution in [1.29, 1.82) is 0 Å². The number of hydrogen-bond donors (Lipinski definition) is 1. The average Bonchev–Trinajstić information content (AvgIpc) is 3.10. The van der Waals surface area contributed by atoms with E-state index >= 15 is 0 Å². The maximum Gasteiger partial charge on any atom is 0.171 e. The molecule has 0 atom stereocenters. The van der Waals surface area contributed by atoms with Gasteiger partial charge in [0.2, 0.25) is 0 Å². The Kier molecular flexibility index (Phi) is 4.61. The number of nitrogens with zero attached hydrogens (tertiary/aromatic N) is 1. The lowest BCUT2D eigenvalue weighted by molar-refractivity contribution is 0.112. The van der Waals surface area contributed by atoms with Crippen LogP contribution in [0.15, 0.2) is 48.7 Å². The number of rotatable bonds is 6. The number of methoxy groups -OCH3 is 2. The van der Waals surface area contributed by atoms with Crippen molar-refractivity contribution in [3.05, 3.63) is 65.5 Å². The van der Waals surface area contributed by atoms with Gasteiger partial charge in [0.25, 0.3) is 0 Å². The molecule has 0 aliphatic rings. The highest BCUT2D eigenvalue weighted by molar-refractivity contribution is 5.81. The van der Waals surface area contributed by atoms with Crippen LogP contribution in [0.25, 0.3) is 11.4 Å². The van der Waals surface area contributed by atoms with Crippen LogP contribution in [0.4, 0.5) is 0 Å². The van der Waals surface area contributed by atoms with Crippen molar-refractivity contribution in [2.75, 3.05) is 14.2 Å². The molecule has 0 aliphatic carbocycles. The number of aromatic nitrogens is 2. The third kappa shape index (κ3) is 3.15. The smallest absolute Gasteiger partial charge is 0.171 e. The van der Waals surface area contributed by atoms with Crippen molar-refractivity contribution in [3.8, 4) is 22.9 Å². The van der Waals surface area contributed by atoms with E-state index in [4.69, 9.17) is 9.47 Å². The van der Waals surface area contributed by atoms with E-state index in [1.165, 1.54) is 7.11 Å². The maximum absolute atomic E-state index is 11.3. The highest BCUT2D eigenvalue weighted by Gasteiger charge is 2.13. The first-order chi connectivity index (χ1) is 11.7. The summed E-state index contributed by atoms with van der Waals surface area (Å²) < 4.78 is 10.6. The van der Waals surface area contributed by atoms with Gasteiger partial charge in [0, 0.05) is 23.9 Å². The Morgan fingerprint density at radius 3 is 2.58 bits per heavy atom. The number of carbonyl (C=O) groups is 1. The second-order valence-corrected chi connectivity index (χ2v) is 5.34. The molecule has 1 aromatic heterocycles. The second kappa shape index (κ2) is 7.00. The Hall–Kier alpha value is -3.08. The van der Waals surface area contributed by atoms with Crippen LogP contribution in [0.5, 0.6) is 11.5 Å². The number of benzene rings is 2. The zero-order chi connectivity index (χ0) is 16.9. The third-order valence-corrected chi connectivity index (χ3v) is 3.76. The first-order valence-corrected chi connectivity index (χ1v) is 7.54. The highest BCUT2D eigenvalue weighted by Crippen LogP contribution is 2.32. The molecule has 0 amide bonds. The zero-order valence-corrected chi connectivity index (χ0v) is 13.6. The summed E-state index contributed by atoms with van der Waals surface area (Å²) in [6.07, 6.45) is 3.19. The van der Waals surface area contributed by atoms with E-state index in [2.05, 4.69) is 9.97 Å². The average molecular weight is 322 g/mol. The lowest BCUT2D eigenvalue weighted by Gasteiger charge is -2.11. The number of nitrogens with one attached hydrogen (secondary N) is 1. The number of aldehydes is 1. The lowest BCUT2D eigenvalue weighted by atomic mass is 10.1. The SMILES string of the molecule is COc1cc(Cc2cnc(-c3ccccc3)[nH]2)cc(C=O)c1OC. The van der Waals surface area contributed by atoms with Crippen LogP contribution in [-0.4, -0.2) is 30.5 Å². The zero-order valence-electron chi connectivity index (χ0n) is 13.6. The molecule has 24 heavy (non-hydrogen) atoms. The van der Waals surface area contributed by atoms with E-state index in [-0.39, 0.29) is 0 Å². The van der Waals surface area contributed by atoms with Gasteiger partial charge in [-0.3, -0.25) is 4.79 Å². The van der Waals surface area contributed by atoms with Crippen molar-refractivity contribution < 1.29 is 14.3 Å². The second-order valence-electron chi connectivity index (χ2n) is 5.34. The standard InChI is InChI=1S/C19H18N2O3/c1-23-17-10-13(8-15(12-22)18(17)24-2)9-16-11-20-19(21-16)14-6-4-3-5-7-14/h3-8,10-12H,9H2,1-2H3,(H,20,21). The molecule has 0 bridgehead atoms. The summed E-state index contributed by atoms with van der Waals surface area (Å²) in [5, 5.41) is 0. The van der Waals surface area contributed by atoms with Gasteiger partial charge in [-0.25, -0.2) is 4.98 Å². The fourth-order valence-corrected chi connectivity index (χ4v) is 2.65. The summed E-state index contributed by atoms with van der Waals surface area (Å²) >= 11 is 0. The number of aromatic amines is 1. The summed E-state index contributed by atoms with van der Waals surface area (Å²) in [7, 11) is 3.07. The Bertz CT molecular complexity index is 841. The van der Waals surface area contributed by atoms with Crippen LogP contribution in [0.3, 0.4) is 0 Å². The largest absolute Gasteiger partial charge is 0.493 e. The fourth-order valence-electron chi connectivity index (χ4n) is 2.65. The summed E-state index contributed by atoms with van der Waals surface area (Å²) in [6.45, 7) is 0. The van der Waals surface area contributed by atoms with Gasteiger partial charge in [-0.2, -0.15) is 0 Å². The molecule has 1 heterocycles. The molecule has 0 radical (unpaired) electrons. The monoisotopic (exact) mass is 322 g/mol.